The van der Waals surface area contributed by atoms with Crippen LogP contribution in [0.25, 0.3) is 11.1 Å². The number of thiazole rings is 1. The van der Waals surface area contributed by atoms with Crippen LogP contribution in [0.2, 0.25) is 0 Å². The number of likely N-dealkylation sites (tertiary alicyclic amines) is 1. The van der Waals surface area contributed by atoms with Gasteiger partial charge in [0, 0.05) is 35.6 Å². The first kappa shape index (κ1) is 23.4. The molecule has 2 heterocycles. The zero-order valence-corrected chi connectivity index (χ0v) is 19.6. The highest BCUT2D eigenvalue weighted by atomic mass is 32.1. The number of carbonyl (C=O) groups excluding carboxylic acids is 3. The van der Waals surface area contributed by atoms with Crippen LogP contribution >= 0.6 is 11.3 Å². The fourth-order valence-electron chi connectivity index (χ4n) is 3.89. The molecule has 0 aliphatic carbocycles. The fourth-order valence-corrected chi connectivity index (χ4v) is 4.86. The van der Waals surface area contributed by atoms with Gasteiger partial charge in [-0.2, -0.15) is 0 Å². The van der Waals surface area contributed by atoms with Gasteiger partial charge in [-0.1, -0.05) is 48.5 Å². The van der Waals surface area contributed by atoms with Gasteiger partial charge in [0.05, 0.1) is 12.1 Å². The number of amides is 3. The summed E-state index contributed by atoms with van der Waals surface area (Å²) >= 11 is 1.47. The summed E-state index contributed by atoms with van der Waals surface area (Å²) < 4.78 is 4.54. The minimum atomic E-state index is -0.483. The zero-order valence-electron chi connectivity index (χ0n) is 18.8. The maximum absolute atomic E-state index is 12.9. The Hall–Kier alpha value is -3.72. The number of rotatable bonds is 6. The number of hydrogen-bond donors (Lipinski definition) is 2. The highest BCUT2D eigenvalue weighted by molar-refractivity contribution is 7.10. The highest BCUT2D eigenvalue weighted by Gasteiger charge is 2.26. The largest absolute Gasteiger partial charge is 0.468 e. The molecule has 34 heavy (non-hydrogen) atoms. The molecule has 9 heteroatoms. The van der Waals surface area contributed by atoms with Gasteiger partial charge in [-0.25, -0.2) is 9.78 Å². The molecule has 0 atom stereocenters. The molecule has 1 aliphatic rings. The predicted molar refractivity (Wildman–Crippen MR) is 131 cm³/mol. The second kappa shape index (κ2) is 10.9. The van der Waals surface area contributed by atoms with Crippen LogP contribution in [0.15, 0.2) is 60.0 Å². The molecule has 1 fully saturated rings. The van der Waals surface area contributed by atoms with Crippen molar-refractivity contribution in [2.24, 2.45) is 0 Å². The van der Waals surface area contributed by atoms with Crippen LogP contribution in [0.1, 0.15) is 34.3 Å². The summed E-state index contributed by atoms with van der Waals surface area (Å²) in [6, 6.07) is 17.3. The fraction of sp³-hybridized carbons (Fsp3) is 0.280. The third-order valence-corrected chi connectivity index (χ3v) is 6.76. The molecule has 1 saturated heterocycles. The molecule has 8 nitrogen and oxygen atoms in total. The first-order valence-corrected chi connectivity index (χ1v) is 11.9. The number of urea groups is 1. The standard InChI is InChI=1S/C25H26N4O4S/c1-33-22(30)15-26-25(32)29-13-11-18(12-14-29)24-28-21(16-34-24)23(31)27-20-10-6-5-9-19(20)17-7-3-2-4-8-17/h2-10,16,18H,11-15H2,1H3,(H,26,32)(H,27,31). The van der Waals surface area contributed by atoms with E-state index in [1.165, 1.54) is 18.4 Å². The van der Waals surface area contributed by atoms with Gasteiger partial charge < -0.3 is 20.3 Å². The summed E-state index contributed by atoms with van der Waals surface area (Å²) in [6.45, 7) is 0.972. The molecule has 3 aromatic rings. The summed E-state index contributed by atoms with van der Waals surface area (Å²) in [5.41, 5.74) is 3.10. The van der Waals surface area contributed by atoms with E-state index in [9.17, 15) is 14.4 Å². The third kappa shape index (κ3) is 5.60. The summed E-state index contributed by atoms with van der Waals surface area (Å²) in [6.07, 6.45) is 1.49. The smallest absolute Gasteiger partial charge is 0.325 e. The van der Waals surface area contributed by atoms with E-state index in [1.54, 1.807) is 10.3 Å². The molecule has 176 valence electrons. The Morgan fingerprint density at radius 3 is 2.50 bits per heavy atom. The van der Waals surface area contributed by atoms with Gasteiger partial charge in [0.2, 0.25) is 0 Å². The first-order chi connectivity index (χ1) is 16.5. The summed E-state index contributed by atoms with van der Waals surface area (Å²) in [4.78, 5) is 42.6. The predicted octanol–water partition coefficient (Wildman–Crippen LogP) is 4.12. The van der Waals surface area contributed by atoms with E-state index in [0.717, 1.165) is 34.7 Å². The maximum Gasteiger partial charge on any atom is 0.325 e. The molecule has 0 bridgehead atoms. The monoisotopic (exact) mass is 478 g/mol. The van der Waals surface area contributed by atoms with E-state index in [1.807, 2.05) is 54.6 Å². The summed E-state index contributed by atoms with van der Waals surface area (Å²) in [5.74, 6) is -0.540. The Kier molecular flexibility index (Phi) is 7.54. The minimum absolute atomic E-state index is 0.145. The highest BCUT2D eigenvalue weighted by Crippen LogP contribution is 2.31. The van der Waals surface area contributed by atoms with Crippen molar-refractivity contribution in [1.29, 1.82) is 0 Å². The molecule has 4 rings (SSSR count). The van der Waals surface area contributed by atoms with E-state index >= 15 is 0 Å². The number of piperidine rings is 1. The summed E-state index contributed by atoms with van der Waals surface area (Å²) in [5, 5.41) is 8.24. The lowest BCUT2D eigenvalue weighted by Crippen LogP contribution is -2.45. The van der Waals surface area contributed by atoms with Crippen LogP contribution in [0.5, 0.6) is 0 Å². The molecular weight excluding hydrogens is 452 g/mol. The number of aromatic nitrogens is 1. The lowest BCUT2D eigenvalue weighted by molar-refractivity contribution is -0.139. The first-order valence-electron chi connectivity index (χ1n) is 11.1. The average Bonchev–Trinajstić information content (AvgIpc) is 3.38. The Balaban J connectivity index is 1.35. The van der Waals surface area contributed by atoms with Gasteiger partial charge in [0.15, 0.2) is 0 Å². The van der Waals surface area contributed by atoms with E-state index in [-0.39, 0.29) is 24.4 Å². The zero-order chi connectivity index (χ0) is 23.9. The van der Waals surface area contributed by atoms with Crippen molar-refractivity contribution >= 4 is 34.9 Å². The Bertz CT molecular complexity index is 1160. The number of anilines is 1. The molecule has 2 aromatic carbocycles. The van der Waals surface area contributed by atoms with Crippen molar-refractivity contribution in [3.63, 3.8) is 0 Å². The lowest BCUT2D eigenvalue weighted by atomic mass is 9.98. The summed E-state index contributed by atoms with van der Waals surface area (Å²) in [7, 11) is 1.28. The number of hydrogen-bond acceptors (Lipinski definition) is 6. The number of methoxy groups -OCH3 is 1. The van der Waals surface area contributed by atoms with Crippen LogP contribution in [-0.4, -0.2) is 54.5 Å². The quantitative estimate of drug-likeness (QED) is 0.519. The molecule has 0 saturated carbocycles. The van der Waals surface area contributed by atoms with Crippen LogP contribution < -0.4 is 10.6 Å². The van der Waals surface area contributed by atoms with E-state index in [4.69, 9.17) is 0 Å². The van der Waals surface area contributed by atoms with E-state index in [2.05, 4.69) is 20.4 Å². The van der Waals surface area contributed by atoms with Crippen molar-refractivity contribution in [2.75, 3.05) is 32.1 Å². The Labute approximate surface area is 202 Å². The maximum atomic E-state index is 12.9. The number of esters is 1. The second-order valence-corrected chi connectivity index (χ2v) is 8.82. The van der Waals surface area contributed by atoms with Crippen molar-refractivity contribution in [3.05, 3.63) is 70.7 Å². The van der Waals surface area contributed by atoms with Crippen molar-refractivity contribution < 1.29 is 19.1 Å². The molecule has 1 aliphatic heterocycles. The van der Waals surface area contributed by atoms with Gasteiger partial charge in [0.1, 0.15) is 12.2 Å². The topological polar surface area (TPSA) is 101 Å². The van der Waals surface area contributed by atoms with E-state index in [0.29, 0.717) is 18.8 Å². The van der Waals surface area contributed by atoms with Crippen LogP contribution in [0.4, 0.5) is 10.5 Å². The molecule has 3 amide bonds. The van der Waals surface area contributed by atoms with Crippen molar-refractivity contribution in [2.45, 2.75) is 18.8 Å². The van der Waals surface area contributed by atoms with Gasteiger partial charge >= 0.3 is 12.0 Å². The SMILES string of the molecule is COC(=O)CNC(=O)N1CCC(c2nc(C(=O)Nc3ccccc3-c3ccccc3)cs2)CC1. The second-order valence-electron chi connectivity index (χ2n) is 7.93. The van der Waals surface area contributed by atoms with Crippen LogP contribution in [0.3, 0.4) is 0 Å². The molecule has 2 N–H and O–H groups in total. The number of para-hydroxylation sites is 1. The van der Waals surface area contributed by atoms with Gasteiger partial charge in [-0.15, -0.1) is 11.3 Å². The number of carbonyl (C=O) groups is 3. The minimum Gasteiger partial charge on any atom is -0.468 e. The molecule has 0 radical (unpaired) electrons. The Morgan fingerprint density at radius 1 is 1.06 bits per heavy atom. The molecule has 0 spiro atoms. The normalized spacial score (nSPS) is 13.9. The van der Waals surface area contributed by atoms with Crippen molar-refractivity contribution in [3.8, 4) is 11.1 Å². The van der Waals surface area contributed by atoms with Gasteiger partial charge in [-0.3, -0.25) is 9.59 Å². The van der Waals surface area contributed by atoms with Gasteiger partial charge in [0.25, 0.3) is 5.91 Å². The number of benzene rings is 2. The number of nitrogens with zero attached hydrogens (tertiary/aromatic N) is 2. The lowest BCUT2D eigenvalue weighted by Gasteiger charge is -2.31. The van der Waals surface area contributed by atoms with E-state index < -0.39 is 5.97 Å². The average molecular weight is 479 g/mol. The third-order valence-electron chi connectivity index (χ3n) is 5.76. The molecule has 0 unspecified atom stereocenters. The number of ether oxygens (including phenoxy) is 1. The van der Waals surface area contributed by atoms with Crippen LogP contribution in [-0.2, 0) is 9.53 Å². The van der Waals surface area contributed by atoms with Crippen molar-refractivity contribution in [1.82, 2.24) is 15.2 Å². The number of nitrogens with one attached hydrogen (secondary N) is 2. The molecular formula is C25H26N4O4S. The van der Waals surface area contributed by atoms with Gasteiger partial charge in [-0.05, 0) is 24.5 Å². The van der Waals surface area contributed by atoms with Crippen LogP contribution in [0, 0.1) is 0 Å². The molecule has 1 aromatic heterocycles. The Morgan fingerprint density at radius 2 is 1.76 bits per heavy atom.